The number of rotatable bonds is 5. The van der Waals surface area contributed by atoms with Crippen molar-refractivity contribution in [2.24, 2.45) is 0 Å². The zero-order valence-electron chi connectivity index (χ0n) is 9.37. The van der Waals surface area contributed by atoms with Crippen LogP contribution in [0.2, 0.25) is 0 Å². The predicted octanol–water partition coefficient (Wildman–Crippen LogP) is 2.15. The maximum atomic E-state index is 10.3. The summed E-state index contributed by atoms with van der Waals surface area (Å²) in [4.78, 5) is 19.8. The molecule has 0 aromatic carbocycles. The molecule has 2 heterocycles. The van der Waals surface area contributed by atoms with E-state index in [1.54, 1.807) is 29.2 Å². The van der Waals surface area contributed by atoms with Gasteiger partial charge in [0.2, 0.25) is 0 Å². The Bertz CT molecular complexity index is 484. The van der Waals surface area contributed by atoms with Crippen LogP contribution < -0.4 is 0 Å². The zero-order valence-corrected chi connectivity index (χ0v) is 10.2. The summed E-state index contributed by atoms with van der Waals surface area (Å²) < 4.78 is 4.90. The third-order valence-electron chi connectivity index (χ3n) is 2.52. The molecule has 0 saturated carbocycles. The lowest BCUT2D eigenvalue weighted by Crippen LogP contribution is -2.09. The molecule has 88 valence electrons. The highest BCUT2D eigenvalue weighted by Crippen LogP contribution is 2.29. The number of thiazole rings is 1. The van der Waals surface area contributed by atoms with E-state index in [2.05, 4.69) is 9.97 Å². The molecule has 0 bridgehead atoms. The van der Waals surface area contributed by atoms with Crippen LogP contribution in [0.3, 0.4) is 0 Å². The van der Waals surface area contributed by atoms with Gasteiger partial charge in [0.1, 0.15) is 6.61 Å². The lowest BCUT2D eigenvalue weighted by atomic mass is 9.99. The number of aryl methyl sites for hydroxylation is 1. The van der Waals surface area contributed by atoms with Gasteiger partial charge in [-0.25, -0.2) is 4.98 Å². The molecule has 2 aromatic heterocycles. The fourth-order valence-corrected chi connectivity index (χ4v) is 2.60. The van der Waals surface area contributed by atoms with Crippen molar-refractivity contribution >= 4 is 17.8 Å². The summed E-state index contributed by atoms with van der Waals surface area (Å²) in [5.74, 6) is 0.0152. The van der Waals surface area contributed by atoms with Crippen LogP contribution in [0.1, 0.15) is 22.1 Å². The zero-order chi connectivity index (χ0) is 12.1. The number of ether oxygens (including phenoxy) is 1. The van der Waals surface area contributed by atoms with Gasteiger partial charge in [0, 0.05) is 17.3 Å². The molecule has 5 heteroatoms. The lowest BCUT2D eigenvalue weighted by Gasteiger charge is -2.14. The number of pyridine rings is 1. The van der Waals surface area contributed by atoms with Crippen LogP contribution in [0.4, 0.5) is 0 Å². The number of carbonyl (C=O) groups is 1. The molecular formula is C12H12N2O2S. The molecule has 0 aliphatic rings. The molecule has 0 aliphatic carbocycles. The van der Waals surface area contributed by atoms with E-state index in [-0.39, 0.29) is 5.92 Å². The maximum absolute atomic E-state index is 10.3. The third-order valence-corrected chi connectivity index (χ3v) is 3.56. The minimum Gasteiger partial charge on any atom is -0.467 e. The van der Waals surface area contributed by atoms with Crippen molar-refractivity contribution in [2.45, 2.75) is 12.8 Å². The Labute approximate surface area is 103 Å². The van der Waals surface area contributed by atoms with Crippen LogP contribution in [-0.2, 0) is 9.53 Å². The van der Waals surface area contributed by atoms with Gasteiger partial charge in [-0.15, -0.1) is 11.3 Å². The van der Waals surface area contributed by atoms with Crippen LogP contribution in [0.15, 0.2) is 30.0 Å². The van der Waals surface area contributed by atoms with E-state index in [1.807, 2.05) is 19.1 Å². The second kappa shape index (κ2) is 5.54. The van der Waals surface area contributed by atoms with Crippen LogP contribution in [-0.4, -0.2) is 23.0 Å². The SMILES string of the molecule is Cc1ncsc1C(COC=O)c1cccnc1. The summed E-state index contributed by atoms with van der Waals surface area (Å²) in [5.41, 5.74) is 3.80. The highest BCUT2D eigenvalue weighted by molar-refractivity contribution is 7.09. The second-order valence-electron chi connectivity index (χ2n) is 3.57. The third kappa shape index (κ3) is 2.68. The van der Waals surface area contributed by atoms with Gasteiger partial charge < -0.3 is 4.74 Å². The Hall–Kier alpha value is -1.75. The van der Waals surface area contributed by atoms with Crippen molar-refractivity contribution in [1.82, 2.24) is 9.97 Å². The average Bonchev–Trinajstić information content (AvgIpc) is 2.78. The van der Waals surface area contributed by atoms with Gasteiger partial charge in [0.15, 0.2) is 0 Å². The first-order valence-corrected chi connectivity index (χ1v) is 6.06. The monoisotopic (exact) mass is 248 g/mol. The van der Waals surface area contributed by atoms with E-state index >= 15 is 0 Å². The van der Waals surface area contributed by atoms with Crippen LogP contribution in [0.25, 0.3) is 0 Å². The summed E-state index contributed by atoms with van der Waals surface area (Å²) in [6.07, 6.45) is 3.51. The minimum atomic E-state index is 0.0152. The summed E-state index contributed by atoms with van der Waals surface area (Å²) >= 11 is 1.57. The maximum Gasteiger partial charge on any atom is 0.293 e. The Morgan fingerprint density at radius 3 is 3.06 bits per heavy atom. The molecule has 1 unspecified atom stereocenters. The Kier molecular flexibility index (Phi) is 3.82. The first-order chi connectivity index (χ1) is 8.33. The quantitative estimate of drug-likeness (QED) is 0.761. The summed E-state index contributed by atoms with van der Waals surface area (Å²) in [6.45, 7) is 2.74. The van der Waals surface area contributed by atoms with Gasteiger partial charge in [-0.05, 0) is 18.6 Å². The predicted molar refractivity (Wildman–Crippen MR) is 64.9 cm³/mol. The van der Waals surface area contributed by atoms with E-state index in [4.69, 9.17) is 4.74 Å². The van der Waals surface area contributed by atoms with Gasteiger partial charge in [0.25, 0.3) is 6.47 Å². The van der Waals surface area contributed by atoms with E-state index in [9.17, 15) is 4.79 Å². The molecule has 2 rings (SSSR count). The Morgan fingerprint density at radius 1 is 1.59 bits per heavy atom. The molecule has 0 radical (unpaired) electrons. The topological polar surface area (TPSA) is 52.1 Å². The normalized spacial score (nSPS) is 12.1. The van der Waals surface area contributed by atoms with Crippen molar-refractivity contribution in [3.8, 4) is 0 Å². The van der Waals surface area contributed by atoms with Gasteiger partial charge in [-0.1, -0.05) is 6.07 Å². The van der Waals surface area contributed by atoms with E-state index in [1.165, 1.54) is 0 Å². The first kappa shape index (κ1) is 11.7. The number of carbonyl (C=O) groups excluding carboxylic acids is 1. The van der Waals surface area contributed by atoms with Gasteiger partial charge in [0.05, 0.1) is 17.1 Å². The van der Waals surface area contributed by atoms with Gasteiger partial charge in [-0.3, -0.25) is 9.78 Å². The van der Waals surface area contributed by atoms with E-state index < -0.39 is 0 Å². The van der Waals surface area contributed by atoms with Crippen molar-refractivity contribution in [2.75, 3.05) is 6.61 Å². The summed E-state index contributed by atoms with van der Waals surface area (Å²) in [7, 11) is 0. The number of nitrogens with zero attached hydrogens (tertiary/aromatic N) is 2. The van der Waals surface area contributed by atoms with Crippen molar-refractivity contribution in [3.63, 3.8) is 0 Å². The minimum absolute atomic E-state index is 0.0152. The second-order valence-corrected chi connectivity index (χ2v) is 4.46. The van der Waals surface area contributed by atoms with Crippen LogP contribution >= 0.6 is 11.3 Å². The molecule has 0 saturated heterocycles. The van der Waals surface area contributed by atoms with Crippen molar-refractivity contribution < 1.29 is 9.53 Å². The summed E-state index contributed by atoms with van der Waals surface area (Å²) in [6, 6.07) is 3.85. The Morgan fingerprint density at radius 2 is 2.47 bits per heavy atom. The number of aromatic nitrogens is 2. The highest BCUT2D eigenvalue weighted by Gasteiger charge is 2.19. The molecule has 0 spiro atoms. The molecule has 0 fully saturated rings. The molecule has 1 atom stereocenters. The molecule has 17 heavy (non-hydrogen) atoms. The first-order valence-electron chi connectivity index (χ1n) is 5.18. The number of hydrogen-bond donors (Lipinski definition) is 0. The molecule has 4 nitrogen and oxygen atoms in total. The number of hydrogen-bond acceptors (Lipinski definition) is 5. The van der Waals surface area contributed by atoms with E-state index in [0.717, 1.165) is 16.1 Å². The van der Waals surface area contributed by atoms with Crippen LogP contribution in [0, 0.1) is 6.92 Å². The average molecular weight is 248 g/mol. The molecule has 2 aromatic rings. The fraction of sp³-hybridized carbons (Fsp3) is 0.250. The fourth-order valence-electron chi connectivity index (χ4n) is 1.69. The standard InChI is InChI=1S/C12H12N2O2S/c1-9-12(17-7-14-9)11(6-16-8-15)10-3-2-4-13-5-10/h2-5,7-8,11H,6H2,1H3. The van der Waals surface area contributed by atoms with E-state index in [0.29, 0.717) is 13.1 Å². The smallest absolute Gasteiger partial charge is 0.293 e. The Balaban J connectivity index is 2.32. The molecule has 0 N–H and O–H groups in total. The molecule has 0 amide bonds. The van der Waals surface area contributed by atoms with Crippen LogP contribution in [0.5, 0.6) is 0 Å². The molecular weight excluding hydrogens is 236 g/mol. The molecule has 0 aliphatic heterocycles. The van der Waals surface area contributed by atoms with Crippen molar-refractivity contribution in [1.29, 1.82) is 0 Å². The summed E-state index contributed by atoms with van der Waals surface area (Å²) in [5, 5.41) is 0. The van der Waals surface area contributed by atoms with Gasteiger partial charge in [-0.2, -0.15) is 0 Å². The van der Waals surface area contributed by atoms with Crippen molar-refractivity contribution in [3.05, 3.63) is 46.2 Å². The lowest BCUT2D eigenvalue weighted by molar-refractivity contribution is -0.128. The highest BCUT2D eigenvalue weighted by atomic mass is 32.1. The van der Waals surface area contributed by atoms with Gasteiger partial charge >= 0.3 is 0 Å². The largest absolute Gasteiger partial charge is 0.467 e.